The predicted octanol–water partition coefficient (Wildman–Crippen LogP) is 0.658. The Bertz CT molecular complexity index is 311. The summed E-state index contributed by atoms with van der Waals surface area (Å²) in [7, 11) is -2.84. The highest BCUT2D eigenvalue weighted by Gasteiger charge is 2.27. The van der Waals surface area contributed by atoms with Crippen molar-refractivity contribution >= 4 is 9.84 Å². The number of piperidine rings is 1. The van der Waals surface area contributed by atoms with Gasteiger partial charge in [0.15, 0.2) is 0 Å². The Morgan fingerprint density at radius 2 is 2.12 bits per heavy atom. The lowest BCUT2D eigenvalue weighted by Crippen LogP contribution is -2.46. The number of aliphatic hydroxyl groups is 1. The van der Waals surface area contributed by atoms with Gasteiger partial charge in [-0.2, -0.15) is 0 Å². The van der Waals surface area contributed by atoms with Crippen LogP contribution in [0.1, 0.15) is 33.1 Å². The minimum absolute atomic E-state index is 0.227. The second-order valence-corrected chi connectivity index (χ2v) is 7.44. The smallest absolute Gasteiger partial charge is 0.150 e. The van der Waals surface area contributed by atoms with Crippen LogP contribution >= 0.6 is 0 Å². The monoisotopic (exact) mass is 249 g/mol. The van der Waals surface area contributed by atoms with Gasteiger partial charge in [0.05, 0.1) is 11.4 Å². The van der Waals surface area contributed by atoms with Crippen molar-refractivity contribution in [1.82, 2.24) is 4.90 Å². The molecule has 16 heavy (non-hydrogen) atoms. The van der Waals surface area contributed by atoms with E-state index >= 15 is 0 Å². The number of hydrogen-bond acceptors (Lipinski definition) is 4. The fourth-order valence-electron chi connectivity index (χ4n) is 2.17. The number of rotatable bonds is 5. The van der Waals surface area contributed by atoms with Crippen LogP contribution in [0.3, 0.4) is 0 Å². The average molecular weight is 249 g/mol. The number of hydrogen-bond donors (Lipinski definition) is 1. The van der Waals surface area contributed by atoms with Gasteiger partial charge in [0.2, 0.25) is 0 Å². The summed E-state index contributed by atoms with van der Waals surface area (Å²) in [4.78, 5) is 2.16. The molecule has 1 aliphatic heterocycles. The summed E-state index contributed by atoms with van der Waals surface area (Å²) in [6.45, 7) is 5.94. The van der Waals surface area contributed by atoms with Gasteiger partial charge in [-0.15, -0.1) is 0 Å². The van der Waals surface area contributed by atoms with E-state index in [-0.39, 0.29) is 11.5 Å². The SMILES string of the molecule is CCS(=O)(=O)CCCN1CCCC(C)(O)C1. The largest absolute Gasteiger partial charge is 0.389 e. The van der Waals surface area contributed by atoms with Crippen LogP contribution in [0.4, 0.5) is 0 Å². The van der Waals surface area contributed by atoms with Gasteiger partial charge in [-0.25, -0.2) is 8.42 Å². The summed E-state index contributed by atoms with van der Waals surface area (Å²) in [5.74, 6) is 0.493. The molecule has 1 aliphatic rings. The Kier molecular flexibility index (Phi) is 4.76. The van der Waals surface area contributed by atoms with E-state index < -0.39 is 15.4 Å². The topological polar surface area (TPSA) is 57.6 Å². The lowest BCUT2D eigenvalue weighted by atomic mass is 9.95. The summed E-state index contributed by atoms with van der Waals surface area (Å²) in [6.07, 6.45) is 2.51. The molecule has 4 nitrogen and oxygen atoms in total. The first-order valence-electron chi connectivity index (χ1n) is 6.00. The first kappa shape index (κ1) is 13.9. The molecule has 1 heterocycles. The highest BCUT2D eigenvalue weighted by Crippen LogP contribution is 2.20. The molecule has 0 radical (unpaired) electrons. The van der Waals surface area contributed by atoms with Crippen LogP contribution in [-0.2, 0) is 9.84 Å². The van der Waals surface area contributed by atoms with Crippen LogP contribution in [0, 0.1) is 0 Å². The molecule has 1 rings (SSSR count). The van der Waals surface area contributed by atoms with Gasteiger partial charge in [0.25, 0.3) is 0 Å². The molecule has 1 unspecified atom stereocenters. The van der Waals surface area contributed by atoms with E-state index in [1.165, 1.54) is 0 Å². The molecule has 1 N–H and O–H groups in total. The minimum atomic E-state index is -2.84. The Hall–Kier alpha value is -0.130. The average Bonchev–Trinajstić information content (AvgIpc) is 2.16. The van der Waals surface area contributed by atoms with E-state index in [0.717, 1.165) is 25.9 Å². The second-order valence-electron chi connectivity index (χ2n) is 4.97. The van der Waals surface area contributed by atoms with Crippen molar-refractivity contribution in [3.8, 4) is 0 Å². The highest BCUT2D eigenvalue weighted by atomic mass is 32.2. The van der Waals surface area contributed by atoms with Gasteiger partial charge < -0.3 is 10.0 Å². The molecule has 1 saturated heterocycles. The third-order valence-electron chi connectivity index (χ3n) is 3.12. The standard InChI is InChI=1S/C11H23NO3S/c1-3-16(14,15)9-5-8-12-7-4-6-11(2,13)10-12/h13H,3-10H2,1-2H3. The zero-order valence-corrected chi connectivity index (χ0v) is 11.1. The second kappa shape index (κ2) is 5.47. The first-order valence-corrected chi connectivity index (χ1v) is 7.82. The first-order chi connectivity index (χ1) is 7.35. The van der Waals surface area contributed by atoms with E-state index in [0.29, 0.717) is 13.0 Å². The van der Waals surface area contributed by atoms with Crippen molar-refractivity contribution in [3.05, 3.63) is 0 Å². The summed E-state index contributed by atoms with van der Waals surface area (Å²) in [6, 6.07) is 0. The van der Waals surface area contributed by atoms with Crippen molar-refractivity contribution in [2.45, 2.75) is 38.7 Å². The summed E-state index contributed by atoms with van der Waals surface area (Å²) >= 11 is 0. The molecule has 96 valence electrons. The normalized spacial score (nSPS) is 28.2. The quantitative estimate of drug-likeness (QED) is 0.777. The lowest BCUT2D eigenvalue weighted by Gasteiger charge is -2.36. The third kappa shape index (κ3) is 4.80. The zero-order chi connectivity index (χ0) is 12.2. The molecule has 0 amide bonds. The van der Waals surface area contributed by atoms with E-state index in [4.69, 9.17) is 0 Å². The predicted molar refractivity (Wildman–Crippen MR) is 65.2 cm³/mol. The fourth-order valence-corrected chi connectivity index (χ4v) is 3.02. The van der Waals surface area contributed by atoms with Crippen molar-refractivity contribution in [2.75, 3.05) is 31.1 Å². The Morgan fingerprint density at radius 1 is 1.44 bits per heavy atom. The number of likely N-dealkylation sites (tertiary alicyclic amines) is 1. The third-order valence-corrected chi connectivity index (χ3v) is 4.91. The number of nitrogens with zero attached hydrogens (tertiary/aromatic N) is 1. The maximum atomic E-state index is 11.3. The van der Waals surface area contributed by atoms with E-state index in [2.05, 4.69) is 4.90 Å². The van der Waals surface area contributed by atoms with Crippen LogP contribution in [0.15, 0.2) is 0 Å². The van der Waals surface area contributed by atoms with Gasteiger partial charge in [-0.05, 0) is 39.3 Å². The maximum absolute atomic E-state index is 11.3. The van der Waals surface area contributed by atoms with Gasteiger partial charge in [0, 0.05) is 12.3 Å². The number of sulfone groups is 1. The van der Waals surface area contributed by atoms with Crippen LogP contribution in [0.2, 0.25) is 0 Å². The van der Waals surface area contributed by atoms with Crippen LogP contribution < -0.4 is 0 Å². The van der Waals surface area contributed by atoms with Crippen molar-refractivity contribution in [2.24, 2.45) is 0 Å². The molecule has 0 aliphatic carbocycles. The van der Waals surface area contributed by atoms with Crippen molar-refractivity contribution in [3.63, 3.8) is 0 Å². The Labute approximate surface area is 98.6 Å². The maximum Gasteiger partial charge on any atom is 0.150 e. The molecule has 0 bridgehead atoms. The summed E-state index contributed by atoms with van der Waals surface area (Å²) in [5, 5.41) is 9.89. The summed E-state index contributed by atoms with van der Waals surface area (Å²) < 4.78 is 22.6. The molecule has 0 spiro atoms. The molecule has 0 aromatic heterocycles. The molecule has 1 fully saturated rings. The van der Waals surface area contributed by atoms with Crippen LogP contribution in [0.5, 0.6) is 0 Å². The Balaban J connectivity index is 2.28. The van der Waals surface area contributed by atoms with Crippen LogP contribution in [0.25, 0.3) is 0 Å². The number of β-amino-alcohol motifs (C(OH)–C–C–N with tert-alkyl or cyclic N) is 1. The molecule has 0 saturated carbocycles. The van der Waals surface area contributed by atoms with E-state index in [1.807, 2.05) is 6.92 Å². The summed E-state index contributed by atoms with van der Waals surface area (Å²) in [5.41, 5.74) is -0.595. The van der Waals surface area contributed by atoms with Gasteiger partial charge in [-0.1, -0.05) is 6.92 Å². The zero-order valence-electron chi connectivity index (χ0n) is 10.3. The van der Waals surface area contributed by atoms with E-state index in [1.54, 1.807) is 6.92 Å². The van der Waals surface area contributed by atoms with Crippen molar-refractivity contribution < 1.29 is 13.5 Å². The molecular weight excluding hydrogens is 226 g/mol. The molecule has 1 atom stereocenters. The van der Waals surface area contributed by atoms with Gasteiger partial charge >= 0.3 is 0 Å². The highest BCUT2D eigenvalue weighted by molar-refractivity contribution is 7.91. The van der Waals surface area contributed by atoms with Gasteiger partial charge in [-0.3, -0.25) is 0 Å². The molecular formula is C11H23NO3S. The van der Waals surface area contributed by atoms with Crippen LogP contribution in [-0.4, -0.2) is 55.2 Å². The molecule has 0 aromatic carbocycles. The molecule has 0 aromatic rings. The lowest BCUT2D eigenvalue weighted by molar-refractivity contribution is -0.0152. The Morgan fingerprint density at radius 3 is 2.69 bits per heavy atom. The van der Waals surface area contributed by atoms with Crippen molar-refractivity contribution in [1.29, 1.82) is 0 Å². The minimum Gasteiger partial charge on any atom is -0.389 e. The fraction of sp³-hybridized carbons (Fsp3) is 1.00. The van der Waals surface area contributed by atoms with E-state index in [9.17, 15) is 13.5 Å². The van der Waals surface area contributed by atoms with Gasteiger partial charge in [0.1, 0.15) is 9.84 Å². The molecule has 5 heteroatoms.